The second-order valence-electron chi connectivity index (χ2n) is 7.84. The van der Waals surface area contributed by atoms with Crippen LogP contribution in [0.3, 0.4) is 0 Å². The Bertz CT molecular complexity index is 1170. The van der Waals surface area contributed by atoms with E-state index >= 15 is 0 Å². The highest BCUT2D eigenvalue weighted by Gasteiger charge is 2.12. The van der Waals surface area contributed by atoms with Crippen LogP contribution in [0.2, 0.25) is 0 Å². The minimum atomic E-state index is -0.161. The van der Waals surface area contributed by atoms with Crippen molar-refractivity contribution in [3.8, 4) is 11.3 Å². The minimum absolute atomic E-state index is 0.161. The number of benzene rings is 2. The summed E-state index contributed by atoms with van der Waals surface area (Å²) < 4.78 is 0. The molecule has 156 valence electrons. The van der Waals surface area contributed by atoms with Crippen LogP contribution in [-0.4, -0.2) is 39.2 Å². The van der Waals surface area contributed by atoms with Gasteiger partial charge in [-0.15, -0.1) is 10.2 Å². The Kier molecular flexibility index (Phi) is 5.31. The van der Waals surface area contributed by atoms with Gasteiger partial charge in [-0.2, -0.15) is 0 Å². The second-order valence-corrected chi connectivity index (χ2v) is 7.84. The maximum absolute atomic E-state index is 12.6. The molecule has 1 saturated heterocycles. The maximum atomic E-state index is 12.6. The molecule has 2 N–H and O–H groups in total. The van der Waals surface area contributed by atoms with Crippen molar-refractivity contribution in [1.29, 1.82) is 0 Å². The van der Waals surface area contributed by atoms with E-state index in [1.54, 1.807) is 18.5 Å². The van der Waals surface area contributed by atoms with Gasteiger partial charge < -0.3 is 15.2 Å². The summed E-state index contributed by atoms with van der Waals surface area (Å²) >= 11 is 0. The summed E-state index contributed by atoms with van der Waals surface area (Å²) in [6, 6.07) is 17.1. The lowest BCUT2D eigenvalue weighted by Crippen LogP contribution is -2.25. The van der Waals surface area contributed by atoms with Gasteiger partial charge in [0.2, 0.25) is 0 Å². The first-order chi connectivity index (χ1) is 15.3. The van der Waals surface area contributed by atoms with Crippen LogP contribution in [0.5, 0.6) is 0 Å². The van der Waals surface area contributed by atoms with Gasteiger partial charge in [0, 0.05) is 29.9 Å². The van der Waals surface area contributed by atoms with Crippen LogP contribution >= 0.6 is 0 Å². The molecule has 1 fully saturated rings. The molecule has 1 aliphatic rings. The lowest BCUT2D eigenvalue weighted by Gasteiger charge is -2.20. The Morgan fingerprint density at radius 1 is 0.903 bits per heavy atom. The number of carbonyl (C=O) groups is 1. The number of H-pyrrole nitrogens is 1. The van der Waals surface area contributed by atoms with E-state index in [-0.39, 0.29) is 5.91 Å². The van der Waals surface area contributed by atoms with Gasteiger partial charge in [0.15, 0.2) is 5.82 Å². The first-order valence-electron chi connectivity index (χ1n) is 10.7. The quantitative estimate of drug-likeness (QED) is 0.509. The molecule has 0 atom stereocenters. The summed E-state index contributed by atoms with van der Waals surface area (Å²) in [5.41, 5.74) is 4.77. The number of hydrogen-bond donors (Lipinski definition) is 2. The number of carbonyl (C=O) groups excluding carboxylic acids is 1. The molecule has 0 radical (unpaired) electrons. The van der Waals surface area contributed by atoms with Gasteiger partial charge in [-0.1, -0.05) is 25.0 Å². The van der Waals surface area contributed by atoms with E-state index in [0.29, 0.717) is 5.56 Å². The highest BCUT2D eigenvalue weighted by molar-refractivity contribution is 6.06. The van der Waals surface area contributed by atoms with E-state index in [0.717, 1.165) is 46.9 Å². The molecule has 3 heterocycles. The van der Waals surface area contributed by atoms with E-state index in [1.165, 1.54) is 25.7 Å². The Morgan fingerprint density at radius 3 is 2.45 bits per heavy atom. The fraction of sp³-hybridized carbons (Fsp3) is 0.250. The zero-order valence-corrected chi connectivity index (χ0v) is 17.2. The van der Waals surface area contributed by atoms with Crippen LogP contribution in [0.4, 0.5) is 11.5 Å². The number of aromatic nitrogens is 4. The topological polar surface area (TPSA) is 86.8 Å². The zero-order valence-electron chi connectivity index (χ0n) is 17.2. The van der Waals surface area contributed by atoms with E-state index < -0.39 is 0 Å². The molecule has 0 bridgehead atoms. The van der Waals surface area contributed by atoms with E-state index in [9.17, 15) is 4.79 Å². The molecule has 0 unspecified atom stereocenters. The van der Waals surface area contributed by atoms with Crippen LogP contribution < -0.4 is 10.2 Å². The molecular formula is C24H24N6O. The SMILES string of the molecule is O=C(Nc1ccc(-c2ccc(N3CCCCCC3)nn2)cc1)c1ccc2nc[nH]c2c1. The largest absolute Gasteiger partial charge is 0.355 e. The van der Waals surface area contributed by atoms with Crippen molar-refractivity contribution >= 4 is 28.4 Å². The summed E-state index contributed by atoms with van der Waals surface area (Å²) in [6.07, 6.45) is 6.64. The Balaban J connectivity index is 1.26. The predicted molar refractivity (Wildman–Crippen MR) is 122 cm³/mol. The molecule has 0 aliphatic carbocycles. The van der Waals surface area contributed by atoms with Crippen molar-refractivity contribution in [3.63, 3.8) is 0 Å². The molecule has 0 spiro atoms. The number of nitrogens with zero attached hydrogens (tertiary/aromatic N) is 4. The highest BCUT2D eigenvalue weighted by atomic mass is 16.1. The van der Waals surface area contributed by atoms with Gasteiger partial charge in [0.05, 0.1) is 23.1 Å². The Morgan fingerprint density at radius 2 is 1.71 bits per heavy atom. The van der Waals surface area contributed by atoms with Crippen molar-refractivity contribution < 1.29 is 4.79 Å². The third-order valence-electron chi connectivity index (χ3n) is 5.70. The van der Waals surface area contributed by atoms with Crippen LogP contribution in [-0.2, 0) is 0 Å². The van der Waals surface area contributed by atoms with Gasteiger partial charge in [-0.3, -0.25) is 4.79 Å². The highest BCUT2D eigenvalue weighted by Crippen LogP contribution is 2.23. The molecular weight excluding hydrogens is 388 g/mol. The van der Waals surface area contributed by atoms with Crippen LogP contribution in [0.25, 0.3) is 22.3 Å². The third-order valence-corrected chi connectivity index (χ3v) is 5.70. The zero-order chi connectivity index (χ0) is 21.0. The predicted octanol–water partition coefficient (Wildman–Crippen LogP) is 4.65. The van der Waals surface area contributed by atoms with Crippen molar-refractivity contribution in [2.45, 2.75) is 25.7 Å². The van der Waals surface area contributed by atoms with Crippen LogP contribution in [0.1, 0.15) is 36.0 Å². The molecule has 1 amide bonds. The standard InChI is InChI=1S/C24H24N6O/c31-24(18-7-10-21-22(15-18)26-16-25-21)27-19-8-5-17(6-9-19)20-11-12-23(29-28-20)30-13-3-1-2-4-14-30/h5-12,15-16H,1-4,13-14H2,(H,25,26)(H,27,31). The second kappa shape index (κ2) is 8.55. The summed E-state index contributed by atoms with van der Waals surface area (Å²) in [4.78, 5) is 22.1. The molecule has 5 rings (SSSR count). The minimum Gasteiger partial charge on any atom is -0.355 e. The number of amides is 1. The molecule has 2 aromatic heterocycles. The first-order valence-corrected chi connectivity index (χ1v) is 10.7. The molecule has 7 heteroatoms. The van der Waals surface area contributed by atoms with Gasteiger partial charge in [0.1, 0.15) is 0 Å². The molecule has 2 aromatic carbocycles. The van der Waals surface area contributed by atoms with E-state index in [1.807, 2.05) is 36.4 Å². The fourth-order valence-electron chi connectivity index (χ4n) is 3.95. The third kappa shape index (κ3) is 4.26. The van der Waals surface area contributed by atoms with Gasteiger partial charge >= 0.3 is 0 Å². The van der Waals surface area contributed by atoms with Gasteiger partial charge in [0.25, 0.3) is 5.91 Å². The van der Waals surface area contributed by atoms with Gasteiger partial charge in [-0.05, 0) is 55.3 Å². The summed E-state index contributed by atoms with van der Waals surface area (Å²) in [5.74, 6) is 0.787. The first kappa shape index (κ1) is 19.2. The Labute approximate surface area is 180 Å². The summed E-state index contributed by atoms with van der Waals surface area (Å²) in [6.45, 7) is 2.10. The van der Waals surface area contributed by atoms with E-state index in [2.05, 4.69) is 36.4 Å². The fourth-order valence-corrected chi connectivity index (χ4v) is 3.95. The lowest BCUT2D eigenvalue weighted by molar-refractivity contribution is 0.102. The molecule has 4 aromatic rings. The number of imidazole rings is 1. The average molecular weight is 412 g/mol. The maximum Gasteiger partial charge on any atom is 0.255 e. The monoisotopic (exact) mass is 412 g/mol. The lowest BCUT2D eigenvalue weighted by atomic mass is 10.1. The number of nitrogens with one attached hydrogen (secondary N) is 2. The number of fused-ring (bicyclic) bond motifs is 1. The Hall–Kier alpha value is -3.74. The van der Waals surface area contributed by atoms with Crippen molar-refractivity contribution in [1.82, 2.24) is 20.2 Å². The van der Waals surface area contributed by atoms with Crippen molar-refractivity contribution in [2.75, 3.05) is 23.3 Å². The number of aromatic amines is 1. The van der Waals surface area contributed by atoms with Crippen molar-refractivity contribution in [2.24, 2.45) is 0 Å². The number of rotatable bonds is 4. The summed E-state index contributed by atoms with van der Waals surface area (Å²) in [5, 5.41) is 11.8. The molecule has 1 aliphatic heterocycles. The number of hydrogen-bond acceptors (Lipinski definition) is 5. The molecule has 31 heavy (non-hydrogen) atoms. The van der Waals surface area contributed by atoms with Crippen LogP contribution in [0, 0.1) is 0 Å². The normalized spacial score (nSPS) is 14.4. The average Bonchev–Trinajstić information content (AvgIpc) is 3.12. The van der Waals surface area contributed by atoms with Crippen molar-refractivity contribution in [3.05, 3.63) is 66.5 Å². The molecule has 0 saturated carbocycles. The number of anilines is 2. The smallest absolute Gasteiger partial charge is 0.255 e. The molecule has 7 nitrogen and oxygen atoms in total. The summed E-state index contributed by atoms with van der Waals surface area (Å²) in [7, 11) is 0. The van der Waals surface area contributed by atoms with Crippen LogP contribution in [0.15, 0.2) is 60.9 Å². The van der Waals surface area contributed by atoms with E-state index in [4.69, 9.17) is 0 Å². The van der Waals surface area contributed by atoms with Gasteiger partial charge in [-0.25, -0.2) is 4.98 Å².